The minimum atomic E-state index is -0.455. The van der Waals surface area contributed by atoms with E-state index in [1.54, 1.807) is 6.92 Å². The highest BCUT2D eigenvalue weighted by Gasteiger charge is 2.20. The van der Waals surface area contributed by atoms with Crippen LogP contribution in [0.5, 0.6) is 0 Å². The smallest absolute Gasteiger partial charge is 0.287 e. The number of nitrogens with zero attached hydrogens (tertiary/aromatic N) is 3. The van der Waals surface area contributed by atoms with Gasteiger partial charge in [0.15, 0.2) is 0 Å². The second kappa shape index (κ2) is 5.12. The molecule has 96 valence electrons. The zero-order valence-corrected chi connectivity index (χ0v) is 11.2. The lowest BCUT2D eigenvalue weighted by Crippen LogP contribution is -2.31. The first-order valence-electron chi connectivity index (χ1n) is 5.38. The molecule has 5 nitrogen and oxygen atoms in total. The van der Waals surface area contributed by atoms with Crippen LogP contribution in [0.2, 0.25) is 0 Å². The maximum absolute atomic E-state index is 10.6. The molecule has 1 aliphatic heterocycles. The van der Waals surface area contributed by atoms with Gasteiger partial charge in [0.05, 0.1) is 16.5 Å². The second-order valence-corrected chi connectivity index (χ2v) is 4.98. The zero-order chi connectivity index (χ0) is 13.3. The van der Waals surface area contributed by atoms with Gasteiger partial charge in [-0.2, -0.15) is 0 Å². The quantitative estimate of drug-likeness (QED) is 0.619. The van der Waals surface area contributed by atoms with Crippen molar-refractivity contribution >= 4 is 34.7 Å². The molecule has 0 aliphatic carbocycles. The number of aromatic nitrogens is 1. The summed E-state index contributed by atoms with van der Waals surface area (Å²) in [7, 11) is 0. The molecule has 0 amide bonds. The van der Waals surface area contributed by atoms with Crippen LogP contribution in [0.15, 0.2) is 22.3 Å². The average Bonchev–Trinajstić information content (AvgIpc) is 2.32. The fourth-order valence-corrected chi connectivity index (χ4v) is 2.25. The molecule has 0 fully saturated rings. The van der Waals surface area contributed by atoms with Gasteiger partial charge in [-0.3, -0.25) is 10.1 Å². The van der Waals surface area contributed by atoms with Gasteiger partial charge in [-0.1, -0.05) is 23.2 Å². The van der Waals surface area contributed by atoms with Crippen LogP contribution < -0.4 is 4.90 Å². The fraction of sp³-hybridized carbons (Fsp3) is 0.364. The van der Waals surface area contributed by atoms with Gasteiger partial charge in [0, 0.05) is 24.1 Å². The summed E-state index contributed by atoms with van der Waals surface area (Å²) in [5.74, 6) is 0.711. The Bertz CT molecular complexity index is 531. The molecular formula is C11H11Cl2N3O2. The first kappa shape index (κ1) is 13.1. The third kappa shape index (κ3) is 2.57. The highest BCUT2D eigenvalue weighted by atomic mass is 35.5. The summed E-state index contributed by atoms with van der Waals surface area (Å²) in [6.07, 6.45) is 1.93. The van der Waals surface area contributed by atoms with E-state index in [4.69, 9.17) is 23.2 Å². The van der Waals surface area contributed by atoms with Crippen LogP contribution in [0.4, 0.5) is 11.5 Å². The molecule has 0 unspecified atom stereocenters. The summed E-state index contributed by atoms with van der Waals surface area (Å²) in [6, 6.07) is 1.51. The largest absolute Gasteiger partial charge is 0.351 e. The van der Waals surface area contributed by atoms with E-state index in [1.807, 2.05) is 4.90 Å². The summed E-state index contributed by atoms with van der Waals surface area (Å²) in [5, 5.41) is 11.9. The molecule has 0 aromatic carbocycles. The highest BCUT2D eigenvalue weighted by Crippen LogP contribution is 2.29. The van der Waals surface area contributed by atoms with Crippen LogP contribution in [-0.2, 0) is 0 Å². The van der Waals surface area contributed by atoms with Gasteiger partial charge in [-0.05, 0) is 12.5 Å². The maximum Gasteiger partial charge on any atom is 0.287 e. The number of hydrogen-bond donors (Lipinski definition) is 0. The van der Waals surface area contributed by atoms with Crippen molar-refractivity contribution in [1.29, 1.82) is 0 Å². The normalized spacial score (nSPS) is 16.1. The van der Waals surface area contributed by atoms with Crippen molar-refractivity contribution in [3.8, 4) is 0 Å². The summed E-state index contributed by atoms with van der Waals surface area (Å²) in [5.41, 5.74) is 0.750. The Kier molecular flexibility index (Phi) is 3.73. The minimum Gasteiger partial charge on any atom is -0.351 e. The Balaban J connectivity index is 2.28. The lowest BCUT2D eigenvalue weighted by Gasteiger charge is -2.28. The van der Waals surface area contributed by atoms with E-state index in [2.05, 4.69) is 4.98 Å². The van der Waals surface area contributed by atoms with Gasteiger partial charge in [0.2, 0.25) is 0 Å². The molecular weight excluding hydrogens is 277 g/mol. The van der Waals surface area contributed by atoms with Gasteiger partial charge < -0.3 is 4.90 Å². The average molecular weight is 288 g/mol. The van der Waals surface area contributed by atoms with Gasteiger partial charge in [-0.25, -0.2) is 4.98 Å². The van der Waals surface area contributed by atoms with Crippen LogP contribution >= 0.6 is 23.2 Å². The van der Waals surface area contributed by atoms with E-state index < -0.39 is 4.92 Å². The lowest BCUT2D eigenvalue weighted by molar-refractivity contribution is -0.385. The van der Waals surface area contributed by atoms with Crippen molar-refractivity contribution in [1.82, 2.24) is 4.98 Å². The van der Waals surface area contributed by atoms with Crippen LogP contribution in [0, 0.1) is 17.0 Å². The molecule has 18 heavy (non-hydrogen) atoms. The number of hydrogen-bond acceptors (Lipinski definition) is 4. The topological polar surface area (TPSA) is 59.3 Å². The Labute approximate surface area is 114 Å². The number of halogens is 2. The van der Waals surface area contributed by atoms with E-state index in [1.165, 1.54) is 12.3 Å². The van der Waals surface area contributed by atoms with Crippen LogP contribution in [0.25, 0.3) is 0 Å². The van der Waals surface area contributed by atoms with E-state index in [0.29, 0.717) is 35.4 Å². The summed E-state index contributed by atoms with van der Waals surface area (Å²) in [4.78, 5) is 16.3. The standard InChI is InChI=1S/C11H11Cl2N3O2/c1-7-4-8(16(17)18)5-14-11(7)15-3-2-9(12)10(13)6-15/h4-5H,2-3,6H2,1H3. The van der Waals surface area contributed by atoms with Crippen LogP contribution in [0.1, 0.15) is 12.0 Å². The highest BCUT2D eigenvalue weighted by molar-refractivity contribution is 6.39. The number of pyridine rings is 1. The van der Waals surface area contributed by atoms with Crippen molar-refractivity contribution in [2.24, 2.45) is 0 Å². The Hall–Kier alpha value is -1.33. The molecule has 1 aliphatic rings. The van der Waals surface area contributed by atoms with Crippen molar-refractivity contribution < 1.29 is 4.92 Å². The summed E-state index contributed by atoms with van der Waals surface area (Å²) in [6.45, 7) is 3.00. The minimum absolute atomic E-state index is 0.00655. The van der Waals surface area contributed by atoms with Gasteiger partial charge in [-0.15, -0.1) is 0 Å². The van der Waals surface area contributed by atoms with E-state index >= 15 is 0 Å². The van der Waals surface area contributed by atoms with Crippen molar-refractivity contribution in [3.05, 3.63) is 38.0 Å². The number of rotatable bonds is 2. The number of aryl methyl sites for hydroxylation is 1. The molecule has 2 rings (SSSR count). The first-order valence-corrected chi connectivity index (χ1v) is 6.13. The molecule has 0 saturated carbocycles. The van der Waals surface area contributed by atoms with Crippen molar-refractivity contribution in [2.75, 3.05) is 18.0 Å². The SMILES string of the molecule is Cc1cc([N+](=O)[O-])cnc1N1CCC(Cl)=C(Cl)C1. The number of nitro groups is 1. The predicted octanol–water partition coefficient (Wildman–Crippen LogP) is 3.20. The molecule has 1 aromatic rings. The molecule has 7 heteroatoms. The van der Waals surface area contributed by atoms with E-state index in [-0.39, 0.29) is 5.69 Å². The zero-order valence-electron chi connectivity index (χ0n) is 9.69. The molecule has 0 spiro atoms. The fourth-order valence-electron chi connectivity index (χ4n) is 1.87. The van der Waals surface area contributed by atoms with E-state index in [9.17, 15) is 10.1 Å². The Morgan fingerprint density at radius 2 is 2.17 bits per heavy atom. The number of anilines is 1. The molecule has 0 N–H and O–H groups in total. The maximum atomic E-state index is 10.6. The summed E-state index contributed by atoms with van der Waals surface area (Å²) >= 11 is 12.0. The molecule has 0 saturated heterocycles. The first-order chi connectivity index (χ1) is 8.49. The van der Waals surface area contributed by atoms with Gasteiger partial charge in [0.1, 0.15) is 12.0 Å². The molecule has 0 atom stereocenters. The van der Waals surface area contributed by atoms with Crippen molar-refractivity contribution in [3.63, 3.8) is 0 Å². The second-order valence-electron chi connectivity index (χ2n) is 4.07. The van der Waals surface area contributed by atoms with Crippen LogP contribution in [-0.4, -0.2) is 23.0 Å². The Morgan fingerprint density at radius 1 is 1.44 bits per heavy atom. The predicted molar refractivity (Wildman–Crippen MR) is 71.2 cm³/mol. The third-order valence-electron chi connectivity index (χ3n) is 2.77. The molecule has 1 aromatic heterocycles. The van der Waals surface area contributed by atoms with E-state index in [0.717, 1.165) is 5.56 Å². The monoisotopic (exact) mass is 287 g/mol. The third-order valence-corrected chi connectivity index (χ3v) is 3.63. The lowest BCUT2D eigenvalue weighted by atomic mass is 10.2. The Morgan fingerprint density at radius 3 is 2.72 bits per heavy atom. The van der Waals surface area contributed by atoms with Crippen molar-refractivity contribution in [2.45, 2.75) is 13.3 Å². The molecule has 0 radical (unpaired) electrons. The molecule has 0 bridgehead atoms. The van der Waals surface area contributed by atoms with Crippen LogP contribution in [0.3, 0.4) is 0 Å². The van der Waals surface area contributed by atoms with Gasteiger partial charge >= 0.3 is 0 Å². The van der Waals surface area contributed by atoms with Gasteiger partial charge in [0.25, 0.3) is 5.69 Å². The molecule has 2 heterocycles. The summed E-state index contributed by atoms with van der Waals surface area (Å²) < 4.78 is 0.